The molecule has 0 spiro atoms. The van der Waals surface area contributed by atoms with E-state index in [9.17, 15) is 8.78 Å². The van der Waals surface area contributed by atoms with Crippen molar-refractivity contribution in [1.82, 2.24) is 0 Å². The first kappa shape index (κ1) is 7.86. The summed E-state index contributed by atoms with van der Waals surface area (Å²) in [4.78, 5) is 0. The monoisotopic (exact) mass is 122 g/mol. The first-order chi connectivity index (χ1) is 3.68. The zero-order valence-corrected chi connectivity index (χ0v) is 5.32. The molecule has 0 rings (SSSR count). The SMILES string of the molecule is CCC[C@H](F)[C@H](C)F. The van der Waals surface area contributed by atoms with E-state index in [0.717, 1.165) is 6.42 Å². The molecule has 2 atom stereocenters. The molecule has 0 bridgehead atoms. The predicted molar refractivity (Wildman–Crippen MR) is 30.4 cm³/mol. The van der Waals surface area contributed by atoms with Gasteiger partial charge in [0.2, 0.25) is 0 Å². The Kier molecular flexibility index (Phi) is 3.75. The first-order valence-electron chi connectivity index (χ1n) is 2.96. The Morgan fingerprint density at radius 3 is 2.00 bits per heavy atom. The summed E-state index contributed by atoms with van der Waals surface area (Å²) in [7, 11) is 0. The molecule has 0 unspecified atom stereocenters. The third kappa shape index (κ3) is 2.94. The van der Waals surface area contributed by atoms with Crippen LogP contribution in [0.5, 0.6) is 0 Å². The van der Waals surface area contributed by atoms with E-state index in [1.165, 1.54) is 6.92 Å². The summed E-state index contributed by atoms with van der Waals surface area (Å²) in [6.07, 6.45) is -1.48. The molecule has 0 aromatic heterocycles. The van der Waals surface area contributed by atoms with Crippen LogP contribution in [0, 0.1) is 0 Å². The van der Waals surface area contributed by atoms with Crippen molar-refractivity contribution in [3.8, 4) is 0 Å². The van der Waals surface area contributed by atoms with Gasteiger partial charge in [0.15, 0.2) is 0 Å². The van der Waals surface area contributed by atoms with Gasteiger partial charge in [0.1, 0.15) is 12.3 Å². The van der Waals surface area contributed by atoms with Gasteiger partial charge in [0.05, 0.1) is 0 Å². The summed E-state index contributed by atoms with van der Waals surface area (Å²) in [5.74, 6) is 0. The lowest BCUT2D eigenvalue weighted by molar-refractivity contribution is 0.172. The van der Waals surface area contributed by atoms with Gasteiger partial charge in [-0.25, -0.2) is 8.78 Å². The maximum Gasteiger partial charge on any atom is 0.131 e. The molecular weight excluding hydrogens is 110 g/mol. The number of hydrogen-bond donors (Lipinski definition) is 0. The van der Waals surface area contributed by atoms with Crippen LogP contribution in [0.15, 0.2) is 0 Å². The van der Waals surface area contributed by atoms with Gasteiger partial charge in [-0.1, -0.05) is 13.3 Å². The van der Waals surface area contributed by atoms with Crippen LogP contribution in [0.25, 0.3) is 0 Å². The van der Waals surface area contributed by atoms with Crippen molar-refractivity contribution in [2.75, 3.05) is 0 Å². The summed E-state index contributed by atoms with van der Waals surface area (Å²) in [6.45, 7) is 3.09. The molecule has 0 aliphatic carbocycles. The normalized spacial score (nSPS) is 18.0. The van der Waals surface area contributed by atoms with E-state index in [1.54, 1.807) is 0 Å². The fraction of sp³-hybridized carbons (Fsp3) is 1.00. The highest BCUT2D eigenvalue weighted by Crippen LogP contribution is 2.08. The molecule has 0 N–H and O–H groups in total. The predicted octanol–water partition coefficient (Wildman–Crippen LogP) is 2.48. The topological polar surface area (TPSA) is 0 Å². The van der Waals surface area contributed by atoms with Crippen LogP contribution in [0.3, 0.4) is 0 Å². The van der Waals surface area contributed by atoms with Crippen molar-refractivity contribution in [1.29, 1.82) is 0 Å². The van der Waals surface area contributed by atoms with Crippen LogP contribution in [-0.4, -0.2) is 12.3 Å². The fourth-order valence-corrected chi connectivity index (χ4v) is 0.505. The lowest BCUT2D eigenvalue weighted by Gasteiger charge is -2.05. The third-order valence-corrected chi connectivity index (χ3v) is 1.06. The zero-order chi connectivity index (χ0) is 6.57. The fourth-order valence-electron chi connectivity index (χ4n) is 0.505. The molecule has 50 valence electrons. The van der Waals surface area contributed by atoms with E-state index < -0.39 is 12.3 Å². The van der Waals surface area contributed by atoms with Crippen molar-refractivity contribution in [3.05, 3.63) is 0 Å². The highest BCUT2D eigenvalue weighted by Gasteiger charge is 2.12. The minimum absolute atomic E-state index is 0.345. The number of alkyl halides is 2. The van der Waals surface area contributed by atoms with Crippen molar-refractivity contribution in [2.45, 2.75) is 39.0 Å². The van der Waals surface area contributed by atoms with Crippen molar-refractivity contribution in [3.63, 3.8) is 0 Å². The Hall–Kier alpha value is -0.140. The molecule has 0 aliphatic rings. The van der Waals surface area contributed by atoms with Crippen LogP contribution in [0.4, 0.5) is 8.78 Å². The molecule has 0 saturated carbocycles. The molecule has 0 saturated heterocycles. The Morgan fingerprint density at radius 1 is 1.38 bits per heavy atom. The lowest BCUT2D eigenvalue weighted by atomic mass is 10.2. The zero-order valence-electron chi connectivity index (χ0n) is 5.32. The molecule has 0 aliphatic heterocycles. The third-order valence-electron chi connectivity index (χ3n) is 1.06. The Labute approximate surface area is 48.9 Å². The van der Waals surface area contributed by atoms with Gasteiger partial charge >= 0.3 is 0 Å². The molecule has 8 heavy (non-hydrogen) atoms. The van der Waals surface area contributed by atoms with E-state index in [-0.39, 0.29) is 0 Å². The van der Waals surface area contributed by atoms with Crippen molar-refractivity contribution in [2.24, 2.45) is 0 Å². The Morgan fingerprint density at radius 2 is 1.88 bits per heavy atom. The maximum absolute atomic E-state index is 12.2. The molecule has 0 aromatic rings. The molecule has 0 radical (unpaired) electrons. The standard InChI is InChI=1S/C6H12F2/c1-3-4-6(8)5(2)7/h5-6H,3-4H2,1-2H3/t5-,6-/m0/s1. The Balaban J connectivity index is 3.17. The van der Waals surface area contributed by atoms with Gasteiger partial charge in [-0.05, 0) is 13.3 Å². The summed E-state index contributed by atoms with van der Waals surface area (Å²) in [5.41, 5.74) is 0. The van der Waals surface area contributed by atoms with Gasteiger partial charge in [0.25, 0.3) is 0 Å². The molecule has 2 heteroatoms. The maximum atomic E-state index is 12.2. The summed E-state index contributed by atoms with van der Waals surface area (Å²) >= 11 is 0. The van der Waals surface area contributed by atoms with E-state index in [0.29, 0.717) is 6.42 Å². The quantitative estimate of drug-likeness (QED) is 0.539. The summed E-state index contributed by atoms with van der Waals surface area (Å²) in [6, 6.07) is 0. The molecule has 0 heterocycles. The van der Waals surface area contributed by atoms with E-state index in [4.69, 9.17) is 0 Å². The smallest absolute Gasteiger partial charge is 0.131 e. The average molecular weight is 122 g/mol. The minimum atomic E-state index is -1.30. The summed E-state index contributed by atoms with van der Waals surface area (Å²) < 4.78 is 24.1. The summed E-state index contributed by atoms with van der Waals surface area (Å²) in [5, 5.41) is 0. The van der Waals surface area contributed by atoms with Gasteiger partial charge in [-0.15, -0.1) is 0 Å². The molecule has 0 nitrogen and oxygen atoms in total. The van der Waals surface area contributed by atoms with Gasteiger partial charge in [0, 0.05) is 0 Å². The van der Waals surface area contributed by atoms with Crippen LogP contribution >= 0.6 is 0 Å². The van der Waals surface area contributed by atoms with E-state index in [2.05, 4.69) is 0 Å². The number of rotatable bonds is 3. The largest absolute Gasteiger partial charge is 0.245 e. The minimum Gasteiger partial charge on any atom is -0.245 e. The number of halogens is 2. The van der Waals surface area contributed by atoms with Crippen LogP contribution in [0.2, 0.25) is 0 Å². The Bertz CT molecular complexity index is 52.5. The highest BCUT2D eigenvalue weighted by molar-refractivity contribution is 4.60. The van der Waals surface area contributed by atoms with Crippen molar-refractivity contribution >= 4 is 0 Å². The molecule has 0 amide bonds. The van der Waals surface area contributed by atoms with E-state index in [1.807, 2.05) is 6.92 Å². The first-order valence-corrected chi connectivity index (χ1v) is 2.96. The molecule has 0 fully saturated rings. The van der Waals surface area contributed by atoms with Gasteiger partial charge in [-0.3, -0.25) is 0 Å². The highest BCUT2D eigenvalue weighted by atomic mass is 19.2. The second kappa shape index (κ2) is 3.81. The van der Waals surface area contributed by atoms with Gasteiger partial charge in [-0.2, -0.15) is 0 Å². The van der Waals surface area contributed by atoms with Gasteiger partial charge < -0.3 is 0 Å². The van der Waals surface area contributed by atoms with E-state index >= 15 is 0 Å². The number of hydrogen-bond acceptors (Lipinski definition) is 0. The lowest BCUT2D eigenvalue weighted by Crippen LogP contribution is -2.11. The second-order valence-corrected chi connectivity index (χ2v) is 1.98. The van der Waals surface area contributed by atoms with Crippen molar-refractivity contribution < 1.29 is 8.78 Å². The molecular formula is C6H12F2. The van der Waals surface area contributed by atoms with Crippen LogP contribution < -0.4 is 0 Å². The van der Waals surface area contributed by atoms with Crippen LogP contribution in [0.1, 0.15) is 26.7 Å². The second-order valence-electron chi connectivity index (χ2n) is 1.98. The van der Waals surface area contributed by atoms with Crippen LogP contribution in [-0.2, 0) is 0 Å². The molecule has 0 aromatic carbocycles. The average Bonchev–Trinajstić information content (AvgIpc) is 1.67.